The normalized spacial score (nSPS) is 11.4. The van der Waals surface area contributed by atoms with E-state index in [0.717, 1.165) is 22.5 Å². The molecule has 0 spiro atoms. The van der Waals surface area contributed by atoms with Gasteiger partial charge in [0, 0.05) is 29.3 Å². The summed E-state index contributed by atoms with van der Waals surface area (Å²) in [7, 11) is 0. The van der Waals surface area contributed by atoms with E-state index in [0.29, 0.717) is 17.9 Å². The Kier molecular flexibility index (Phi) is 5.03. The molecule has 0 amide bonds. The molecule has 29 heavy (non-hydrogen) atoms. The van der Waals surface area contributed by atoms with Crippen LogP contribution >= 0.6 is 0 Å². The van der Waals surface area contributed by atoms with Crippen molar-refractivity contribution in [3.63, 3.8) is 0 Å². The zero-order valence-corrected chi connectivity index (χ0v) is 16.2. The molecule has 0 saturated carbocycles. The van der Waals surface area contributed by atoms with Crippen molar-refractivity contribution in [3.05, 3.63) is 84.2 Å². The third-order valence-corrected chi connectivity index (χ3v) is 4.54. The number of rotatable bonds is 6. The van der Waals surface area contributed by atoms with Gasteiger partial charge in [-0.2, -0.15) is 4.80 Å². The van der Waals surface area contributed by atoms with E-state index in [1.54, 1.807) is 43.2 Å². The number of pyridine rings is 1. The second-order valence-corrected chi connectivity index (χ2v) is 7.22. The molecule has 0 saturated heterocycles. The summed E-state index contributed by atoms with van der Waals surface area (Å²) >= 11 is 0. The Bertz CT molecular complexity index is 1080. The zero-order chi connectivity index (χ0) is 20.3. The van der Waals surface area contributed by atoms with Gasteiger partial charge in [0.25, 0.3) is 0 Å². The lowest BCUT2D eigenvalue weighted by Crippen LogP contribution is -2.08. The number of para-hydroxylation sites is 1. The molecule has 2 aromatic carbocycles. The fraction of sp³-hybridized carbons (Fsp3) is 0.182. The topological polar surface area (TPSA) is 68.5 Å². The summed E-state index contributed by atoms with van der Waals surface area (Å²) in [5.74, 6) is 0.531. The molecule has 0 aliphatic rings. The summed E-state index contributed by atoms with van der Waals surface area (Å²) in [6.45, 7) is 3.61. The quantitative estimate of drug-likeness (QED) is 0.517. The van der Waals surface area contributed by atoms with Gasteiger partial charge in [0.1, 0.15) is 5.67 Å². The third kappa shape index (κ3) is 4.45. The van der Waals surface area contributed by atoms with Crippen LogP contribution < -0.4 is 5.32 Å². The molecule has 0 radical (unpaired) electrons. The number of benzene rings is 2. The monoisotopic (exact) mass is 388 g/mol. The summed E-state index contributed by atoms with van der Waals surface area (Å²) in [4.78, 5) is 5.57. The van der Waals surface area contributed by atoms with Crippen LogP contribution in [0.15, 0.2) is 73.1 Å². The Morgan fingerprint density at radius 3 is 2.41 bits per heavy atom. The number of tetrazole rings is 1. The van der Waals surface area contributed by atoms with E-state index in [-0.39, 0.29) is 0 Å². The predicted molar refractivity (Wildman–Crippen MR) is 110 cm³/mol. The average Bonchev–Trinajstić information content (AvgIpc) is 3.17. The smallest absolute Gasteiger partial charge is 0.207 e. The predicted octanol–water partition coefficient (Wildman–Crippen LogP) is 4.73. The third-order valence-electron chi connectivity index (χ3n) is 4.54. The van der Waals surface area contributed by atoms with Crippen LogP contribution in [0.3, 0.4) is 0 Å². The van der Waals surface area contributed by atoms with E-state index < -0.39 is 5.67 Å². The molecular formula is C22H21FN6. The van der Waals surface area contributed by atoms with Gasteiger partial charge in [-0.1, -0.05) is 24.3 Å². The maximum Gasteiger partial charge on any atom is 0.207 e. The highest BCUT2D eigenvalue weighted by molar-refractivity contribution is 5.77. The second kappa shape index (κ2) is 7.79. The molecule has 0 aliphatic carbocycles. The molecule has 0 bridgehead atoms. The van der Waals surface area contributed by atoms with Crippen LogP contribution in [0.1, 0.15) is 25.0 Å². The minimum atomic E-state index is -1.37. The van der Waals surface area contributed by atoms with E-state index in [1.807, 2.05) is 48.5 Å². The van der Waals surface area contributed by atoms with Gasteiger partial charge in [-0.15, -0.1) is 10.2 Å². The Hall–Kier alpha value is -3.61. The average molecular weight is 388 g/mol. The van der Waals surface area contributed by atoms with Crippen LogP contribution in [0.5, 0.6) is 0 Å². The first kappa shape index (κ1) is 18.7. The Morgan fingerprint density at radius 1 is 0.966 bits per heavy atom. The first-order valence-corrected chi connectivity index (χ1v) is 9.32. The number of aromatic nitrogens is 5. The number of nitrogens with zero attached hydrogens (tertiary/aromatic N) is 5. The van der Waals surface area contributed by atoms with Crippen molar-refractivity contribution in [3.8, 4) is 11.4 Å². The van der Waals surface area contributed by atoms with Crippen molar-refractivity contribution in [1.82, 2.24) is 25.2 Å². The van der Waals surface area contributed by atoms with Crippen molar-refractivity contribution < 1.29 is 4.39 Å². The van der Waals surface area contributed by atoms with Crippen molar-refractivity contribution in [2.24, 2.45) is 0 Å². The van der Waals surface area contributed by atoms with Crippen LogP contribution in [0.4, 0.5) is 15.8 Å². The van der Waals surface area contributed by atoms with Gasteiger partial charge in [0.15, 0.2) is 0 Å². The van der Waals surface area contributed by atoms with Gasteiger partial charge < -0.3 is 5.32 Å². The standard InChI is InChI=1S/C22H21FN6/c1-22(2,23)17-7-9-18(10-8-17)25-20-6-4-3-5-19(20)21-26-28-29(27-21)15-16-11-13-24-14-12-16/h3-14,25H,15H2,1-2H3. The van der Waals surface area contributed by atoms with Crippen LogP contribution in [0.2, 0.25) is 0 Å². The van der Waals surface area contributed by atoms with E-state index in [2.05, 4.69) is 25.7 Å². The summed E-state index contributed by atoms with van der Waals surface area (Å²) in [5, 5.41) is 16.2. The lowest BCUT2D eigenvalue weighted by molar-refractivity contribution is 0.221. The fourth-order valence-corrected chi connectivity index (χ4v) is 2.96. The summed E-state index contributed by atoms with van der Waals surface area (Å²) in [5.41, 5.74) is 2.86. The molecular weight excluding hydrogens is 367 g/mol. The zero-order valence-electron chi connectivity index (χ0n) is 16.2. The number of nitrogens with one attached hydrogen (secondary N) is 1. The number of alkyl halides is 1. The number of anilines is 2. The summed E-state index contributed by atoms with van der Waals surface area (Å²) in [6, 6.07) is 18.9. The molecule has 0 atom stereocenters. The van der Waals surface area contributed by atoms with Gasteiger partial charge in [0.2, 0.25) is 5.82 Å². The molecule has 2 heterocycles. The van der Waals surface area contributed by atoms with Crippen molar-refractivity contribution >= 4 is 11.4 Å². The van der Waals surface area contributed by atoms with Crippen molar-refractivity contribution in [2.75, 3.05) is 5.32 Å². The Balaban J connectivity index is 1.56. The van der Waals surface area contributed by atoms with Crippen molar-refractivity contribution in [2.45, 2.75) is 26.1 Å². The van der Waals surface area contributed by atoms with E-state index >= 15 is 0 Å². The fourth-order valence-electron chi connectivity index (χ4n) is 2.96. The highest BCUT2D eigenvalue weighted by Gasteiger charge is 2.18. The summed E-state index contributed by atoms with van der Waals surface area (Å²) < 4.78 is 14.1. The van der Waals surface area contributed by atoms with Crippen molar-refractivity contribution in [1.29, 1.82) is 0 Å². The van der Waals surface area contributed by atoms with Gasteiger partial charge in [-0.05, 0) is 66.6 Å². The second-order valence-electron chi connectivity index (χ2n) is 7.22. The van der Waals surface area contributed by atoms with Gasteiger partial charge >= 0.3 is 0 Å². The van der Waals surface area contributed by atoms with E-state index in [1.165, 1.54) is 0 Å². The lowest BCUT2D eigenvalue weighted by Gasteiger charge is -2.16. The van der Waals surface area contributed by atoms with Crippen LogP contribution in [-0.2, 0) is 12.2 Å². The molecule has 146 valence electrons. The van der Waals surface area contributed by atoms with Crippen LogP contribution in [0.25, 0.3) is 11.4 Å². The first-order valence-electron chi connectivity index (χ1n) is 9.32. The van der Waals surface area contributed by atoms with E-state index in [4.69, 9.17) is 0 Å². The van der Waals surface area contributed by atoms with Gasteiger partial charge in [-0.25, -0.2) is 4.39 Å². The number of halogens is 1. The molecule has 0 aliphatic heterocycles. The maximum absolute atomic E-state index is 14.1. The number of hydrogen-bond donors (Lipinski definition) is 1. The number of hydrogen-bond acceptors (Lipinski definition) is 5. The molecule has 0 unspecified atom stereocenters. The highest BCUT2D eigenvalue weighted by Crippen LogP contribution is 2.30. The molecule has 0 fully saturated rings. The molecule has 1 N–H and O–H groups in total. The minimum Gasteiger partial charge on any atom is -0.355 e. The van der Waals surface area contributed by atoms with Gasteiger partial charge in [0.05, 0.1) is 6.54 Å². The summed E-state index contributed by atoms with van der Waals surface area (Å²) in [6.07, 6.45) is 3.48. The molecule has 6 nitrogen and oxygen atoms in total. The molecule has 4 aromatic rings. The van der Waals surface area contributed by atoms with E-state index in [9.17, 15) is 4.39 Å². The Morgan fingerprint density at radius 2 is 1.69 bits per heavy atom. The molecule has 7 heteroatoms. The lowest BCUT2D eigenvalue weighted by atomic mass is 10.00. The SMILES string of the molecule is CC(C)(F)c1ccc(Nc2ccccc2-c2nnn(Cc3ccncc3)n2)cc1. The van der Waals surface area contributed by atoms with Crippen LogP contribution in [-0.4, -0.2) is 25.2 Å². The Labute approximate surface area is 168 Å². The highest BCUT2D eigenvalue weighted by atomic mass is 19.1. The minimum absolute atomic E-state index is 0.519. The maximum atomic E-state index is 14.1. The molecule has 4 rings (SSSR count). The van der Waals surface area contributed by atoms with Crippen LogP contribution in [0, 0.1) is 0 Å². The first-order chi connectivity index (χ1) is 14.0. The molecule has 2 aromatic heterocycles. The largest absolute Gasteiger partial charge is 0.355 e. The van der Waals surface area contributed by atoms with Gasteiger partial charge in [-0.3, -0.25) is 4.98 Å².